The van der Waals surface area contributed by atoms with Crippen molar-refractivity contribution >= 4 is 5.97 Å². The molecule has 4 fully saturated rings. The number of methoxy groups -OCH3 is 1. The molecule has 1 unspecified atom stereocenters. The summed E-state index contributed by atoms with van der Waals surface area (Å²) < 4.78 is 4.84. The van der Waals surface area contributed by atoms with Gasteiger partial charge in [-0.05, 0) is 75.0 Å². The summed E-state index contributed by atoms with van der Waals surface area (Å²) in [6.07, 6.45) is 7.82. The average Bonchev–Trinajstić information content (AvgIpc) is 2.31. The summed E-state index contributed by atoms with van der Waals surface area (Å²) in [6, 6.07) is 0. The van der Waals surface area contributed by atoms with Crippen LogP contribution in [-0.4, -0.2) is 18.6 Å². The van der Waals surface area contributed by atoms with Crippen LogP contribution in [-0.2, 0) is 9.53 Å². The molecular formula is C15H25NO2. The summed E-state index contributed by atoms with van der Waals surface area (Å²) in [4.78, 5) is 11.8. The first-order chi connectivity index (χ1) is 8.49. The zero-order valence-electron chi connectivity index (χ0n) is 11.5. The predicted molar refractivity (Wildman–Crippen MR) is 69.8 cm³/mol. The van der Waals surface area contributed by atoms with Crippen LogP contribution in [0.15, 0.2) is 0 Å². The Labute approximate surface area is 109 Å². The highest BCUT2D eigenvalue weighted by Gasteiger charge is 2.50. The van der Waals surface area contributed by atoms with Gasteiger partial charge in [-0.2, -0.15) is 0 Å². The Hall–Kier alpha value is -0.570. The molecule has 3 heteroatoms. The van der Waals surface area contributed by atoms with Crippen LogP contribution in [0.5, 0.6) is 0 Å². The van der Waals surface area contributed by atoms with Crippen molar-refractivity contribution in [3.63, 3.8) is 0 Å². The van der Waals surface area contributed by atoms with Gasteiger partial charge in [0.05, 0.1) is 7.11 Å². The molecule has 3 nitrogen and oxygen atoms in total. The first kappa shape index (κ1) is 12.5. The quantitative estimate of drug-likeness (QED) is 0.783. The molecule has 4 aliphatic rings. The van der Waals surface area contributed by atoms with Crippen LogP contribution in [0.3, 0.4) is 0 Å². The molecular weight excluding hydrogens is 226 g/mol. The Balaban J connectivity index is 1.72. The molecule has 0 radical (unpaired) electrons. The second-order valence-electron chi connectivity index (χ2n) is 7.21. The highest BCUT2D eigenvalue weighted by Crippen LogP contribution is 2.57. The SMILES string of the molecule is COC(=O)C(C)(N)CC1C2CC3CC(C2)CC1C3. The second-order valence-corrected chi connectivity index (χ2v) is 7.21. The zero-order valence-corrected chi connectivity index (χ0v) is 11.5. The third-order valence-electron chi connectivity index (χ3n) is 5.73. The average molecular weight is 251 g/mol. The highest BCUT2D eigenvalue weighted by molar-refractivity contribution is 5.79. The van der Waals surface area contributed by atoms with Crippen LogP contribution in [0.25, 0.3) is 0 Å². The van der Waals surface area contributed by atoms with E-state index < -0.39 is 5.54 Å². The van der Waals surface area contributed by atoms with Crippen LogP contribution in [0.1, 0.15) is 45.4 Å². The fraction of sp³-hybridized carbons (Fsp3) is 0.933. The third kappa shape index (κ3) is 1.97. The molecule has 1 atom stereocenters. The van der Waals surface area contributed by atoms with E-state index in [4.69, 9.17) is 10.5 Å². The smallest absolute Gasteiger partial charge is 0.325 e. The molecule has 2 N–H and O–H groups in total. The number of hydrogen-bond acceptors (Lipinski definition) is 3. The normalized spacial score (nSPS) is 44.7. The predicted octanol–water partition coefficient (Wildman–Crippen LogP) is 2.34. The number of ether oxygens (including phenoxy) is 1. The van der Waals surface area contributed by atoms with Gasteiger partial charge in [-0.3, -0.25) is 4.79 Å². The fourth-order valence-electron chi connectivity index (χ4n) is 5.18. The minimum Gasteiger partial charge on any atom is -0.468 e. The molecule has 0 aromatic heterocycles. The van der Waals surface area contributed by atoms with Gasteiger partial charge in [0.15, 0.2) is 0 Å². The van der Waals surface area contributed by atoms with Crippen molar-refractivity contribution in [2.75, 3.05) is 7.11 Å². The maximum Gasteiger partial charge on any atom is 0.325 e. The Morgan fingerprint density at radius 2 is 1.67 bits per heavy atom. The van der Waals surface area contributed by atoms with Gasteiger partial charge in [0.25, 0.3) is 0 Å². The molecule has 0 amide bonds. The van der Waals surface area contributed by atoms with E-state index in [-0.39, 0.29) is 5.97 Å². The summed E-state index contributed by atoms with van der Waals surface area (Å²) in [5.74, 6) is 4.02. The summed E-state index contributed by atoms with van der Waals surface area (Å²) in [6.45, 7) is 1.84. The monoisotopic (exact) mass is 251 g/mol. The van der Waals surface area contributed by atoms with Crippen molar-refractivity contribution in [2.45, 2.75) is 51.0 Å². The molecule has 4 aliphatic carbocycles. The van der Waals surface area contributed by atoms with Gasteiger partial charge in [-0.15, -0.1) is 0 Å². The fourth-order valence-corrected chi connectivity index (χ4v) is 5.18. The number of carbonyl (C=O) groups is 1. The lowest BCUT2D eigenvalue weighted by Gasteiger charge is -2.55. The van der Waals surface area contributed by atoms with E-state index in [0.717, 1.165) is 30.1 Å². The topological polar surface area (TPSA) is 52.3 Å². The summed E-state index contributed by atoms with van der Waals surface area (Å²) in [7, 11) is 1.43. The zero-order chi connectivity index (χ0) is 12.9. The van der Waals surface area contributed by atoms with Crippen LogP contribution in [0.4, 0.5) is 0 Å². The molecule has 0 heterocycles. The van der Waals surface area contributed by atoms with E-state index in [1.807, 2.05) is 6.92 Å². The molecule has 4 saturated carbocycles. The van der Waals surface area contributed by atoms with Crippen molar-refractivity contribution in [3.05, 3.63) is 0 Å². The van der Waals surface area contributed by atoms with Crippen LogP contribution >= 0.6 is 0 Å². The van der Waals surface area contributed by atoms with Crippen molar-refractivity contribution in [1.29, 1.82) is 0 Å². The van der Waals surface area contributed by atoms with Crippen molar-refractivity contribution < 1.29 is 9.53 Å². The van der Waals surface area contributed by atoms with Gasteiger partial charge in [0, 0.05) is 0 Å². The largest absolute Gasteiger partial charge is 0.468 e. The number of carbonyl (C=O) groups excluding carboxylic acids is 1. The van der Waals surface area contributed by atoms with Crippen LogP contribution in [0, 0.1) is 29.6 Å². The van der Waals surface area contributed by atoms with Gasteiger partial charge in [0.1, 0.15) is 5.54 Å². The Morgan fingerprint density at radius 1 is 1.17 bits per heavy atom. The number of esters is 1. The maximum absolute atomic E-state index is 11.8. The summed E-state index contributed by atoms with van der Waals surface area (Å²) >= 11 is 0. The van der Waals surface area contributed by atoms with E-state index >= 15 is 0 Å². The van der Waals surface area contributed by atoms with Crippen molar-refractivity contribution in [2.24, 2.45) is 35.3 Å². The Bertz CT molecular complexity index is 322. The van der Waals surface area contributed by atoms with Gasteiger partial charge >= 0.3 is 5.97 Å². The minimum atomic E-state index is -0.797. The second kappa shape index (κ2) is 4.22. The Morgan fingerprint density at radius 3 is 2.11 bits per heavy atom. The lowest BCUT2D eigenvalue weighted by molar-refractivity contribution is -0.148. The molecule has 102 valence electrons. The maximum atomic E-state index is 11.8. The van der Waals surface area contributed by atoms with Gasteiger partial charge < -0.3 is 10.5 Å². The summed E-state index contributed by atoms with van der Waals surface area (Å²) in [5, 5.41) is 0. The first-order valence-corrected chi connectivity index (χ1v) is 7.37. The molecule has 4 rings (SSSR count). The molecule has 18 heavy (non-hydrogen) atoms. The van der Waals surface area contributed by atoms with Crippen LogP contribution < -0.4 is 5.73 Å². The molecule has 4 bridgehead atoms. The number of nitrogens with two attached hydrogens (primary N) is 1. The van der Waals surface area contributed by atoms with Crippen molar-refractivity contribution in [3.8, 4) is 0 Å². The van der Waals surface area contributed by atoms with Gasteiger partial charge in [0.2, 0.25) is 0 Å². The minimum absolute atomic E-state index is 0.253. The molecule has 0 spiro atoms. The van der Waals surface area contributed by atoms with E-state index in [9.17, 15) is 4.79 Å². The lowest BCUT2D eigenvalue weighted by atomic mass is 9.50. The standard InChI is InChI=1S/C15H25NO2/c1-15(16,14(17)18-2)8-13-11-4-9-3-10(6-11)7-12(13)5-9/h9-13H,3-8,16H2,1-2H3. The van der Waals surface area contributed by atoms with Crippen LogP contribution in [0.2, 0.25) is 0 Å². The summed E-state index contributed by atoms with van der Waals surface area (Å²) in [5.41, 5.74) is 5.38. The number of hydrogen-bond donors (Lipinski definition) is 1. The highest BCUT2D eigenvalue weighted by atomic mass is 16.5. The molecule has 0 saturated heterocycles. The third-order valence-corrected chi connectivity index (χ3v) is 5.73. The van der Waals surface area contributed by atoms with Gasteiger partial charge in [-0.1, -0.05) is 0 Å². The first-order valence-electron chi connectivity index (χ1n) is 7.37. The Kier molecular flexibility index (Phi) is 2.92. The molecule has 0 aliphatic heterocycles. The van der Waals surface area contributed by atoms with Crippen molar-refractivity contribution in [1.82, 2.24) is 0 Å². The number of rotatable bonds is 3. The van der Waals surface area contributed by atoms with E-state index in [1.165, 1.54) is 39.2 Å². The lowest BCUT2D eigenvalue weighted by Crippen LogP contribution is -2.53. The molecule has 0 aromatic carbocycles. The van der Waals surface area contributed by atoms with E-state index in [1.54, 1.807) is 0 Å². The van der Waals surface area contributed by atoms with Gasteiger partial charge in [-0.25, -0.2) is 0 Å². The van der Waals surface area contributed by atoms with E-state index in [2.05, 4.69) is 0 Å². The van der Waals surface area contributed by atoms with E-state index in [0.29, 0.717) is 5.92 Å². The molecule has 0 aromatic rings.